The van der Waals surface area contributed by atoms with Gasteiger partial charge in [-0.2, -0.15) is 0 Å². The summed E-state index contributed by atoms with van der Waals surface area (Å²) in [6.45, 7) is -0.0188. The Bertz CT molecular complexity index is 179. The third kappa shape index (κ3) is 1.90. The van der Waals surface area contributed by atoms with Gasteiger partial charge in [-0.25, -0.2) is 0 Å². The fraction of sp³-hybridized carbons (Fsp3) is 0.800. The number of hydrogen-bond donors (Lipinski definition) is 0. The van der Waals surface area contributed by atoms with Crippen LogP contribution < -0.4 is 0 Å². The summed E-state index contributed by atoms with van der Waals surface area (Å²) in [4.78, 5) is 12.1. The molecule has 1 saturated heterocycles. The van der Waals surface area contributed by atoms with Crippen molar-refractivity contribution in [3.05, 3.63) is 0 Å². The summed E-state index contributed by atoms with van der Waals surface area (Å²) in [6, 6.07) is 0. The summed E-state index contributed by atoms with van der Waals surface area (Å²) < 4.78 is 3.35. The molecule has 0 aromatic carbocycles. The van der Waals surface area contributed by atoms with Gasteiger partial charge in [0.05, 0.1) is 0 Å². The lowest BCUT2D eigenvalue weighted by Gasteiger charge is -2.24. The molecule has 0 radical (unpaired) electrons. The second kappa shape index (κ2) is 2.98. The van der Waals surface area contributed by atoms with Gasteiger partial charge in [0.25, 0.3) is 5.91 Å². The van der Waals surface area contributed by atoms with Crippen molar-refractivity contribution in [1.29, 1.82) is 0 Å². The Morgan fingerprint density at radius 3 is 2.36 bits per heavy atom. The Morgan fingerprint density at radius 1 is 1.64 bits per heavy atom. The van der Waals surface area contributed by atoms with Crippen molar-refractivity contribution in [3.8, 4) is 0 Å². The molecule has 1 aliphatic heterocycles. The molecule has 0 aliphatic carbocycles. The molecule has 0 N–H and O–H groups in total. The van der Waals surface area contributed by atoms with Crippen LogP contribution in [0.3, 0.4) is 0 Å². The summed E-state index contributed by atoms with van der Waals surface area (Å²) in [5.41, 5.74) is 0. The zero-order valence-electron chi connectivity index (χ0n) is 5.68. The van der Waals surface area contributed by atoms with Gasteiger partial charge < -0.3 is 9.64 Å². The van der Waals surface area contributed by atoms with E-state index in [9.17, 15) is 4.79 Å². The van der Waals surface area contributed by atoms with Crippen molar-refractivity contribution in [2.24, 2.45) is 0 Å². The van der Waals surface area contributed by atoms with Crippen LogP contribution in [0.15, 0.2) is 0 Å². The van der Waals surface area contributed by atoms with Crippen molar-refractivity contribution < 1.29 is 9.53 Å². The summed E-state index contributed by atoms with van der Waals surface area (Å²) >= 11 is 16.5. The average Bonchev–Trinajstić information content (AvgIpc) is 2.11. The quantitative estimate of drug-likeness (QED) is 0.571. The molecule has 0 spiro atoms. The number of ether oxygens (including phenoxy) is 1. The number of hydrogen-bond acceptors (Lipinski definition) is 2. The van der Waals surface area contributed by atoms with Crippen LogP contribution in [0.5, 0.6) is 0 Å². The molecule has 11 heavy (non-hydrogen) atoms. The molecule has 1 rings (SSSR count). The van der Waals surface area contributed by atoms with E-state index in [1.165, 1.54) is 11.9 Å². The van der Waals surface area contributed by atoms with Crippen LogP contribution in [-0.4, -0.2) is 34.5 Å². The Labute approximate surface area is 79.1 Å². The zero-order valence-corrected chi connectivity index (χ0v) is 7.95. The molecule has 0 aromatic rings. The molecule has 1 atom stereocenters. The van der Waals surface area contributed by atoms with Crippen molar-refractivity contribution in [2.75, 3.05) is 13.7 Å². The molecular weight excluding hydrogens is 212 g/mol. The summed E-state index contributed by atoms with van der Waals surface area (Å²) in [7, 11) is 1.53. The molecule has 0 saturated carbocycles. The van der Waals surface area contributed by atoms with E-state index in [0.29, 0.717) is 0 Å². The monoisotopic (exact) mass is 217 g/mol. The van der Waals surface area contributed by atoms with E-state index in [1.807, 2.05) is 0 Å². The number of halogens is 3. The minimum Gasteiger partial charge on any atom is -0.344 e. The van der Waals surface area contributed by atoms with E-state index in [-0.39, 0.29) is 12.5 Å². The van der Waals surface area contributed by atoms with Gasteiger partial charge >= 0.3 is 0 Å². The minimum atomic E-state index is -1.57. The maximum Gasteiger partial charge on any atom is 0.250 e. The third-order valence-corrected chi connectivity index (χ3v) is 1.95. The summed E-state index contributed by atoms with van der Waals surface area (Å²) in [5, 5.41) is 0. The predicted molar refractivity (Wildman–Crippen MR) is 42.8 cm³/mol. The number of carbonyl (C=O) groups is 1. The molecule has 0 unspecified atom stereocenters. The van der Waals surface area contributed by atoms with Gasteiger partial charge in [0.2, 0.25) is 3.79 Å². The maximum atomic E-state index is 10.9. The Morgan fingerprint density at radius 2 is 2.18 bits per heavy atom. The molecular formula is C5H6Cl3NO2. The van der Waals surface area contributed by atoms with Crippen LogP contribution in [0, 0.1) is 0 Å². The fourth-order valence-electron chi connectivity index (χ4n) is 0.809. The first kappa shape index (κ1) is 9.39. The highest BCUT2D eigenvalue weighted by molar-refractivity contribution is 6.68. The average molecular weight is 218 g/mol. The molecule has 0 aromatic heterocycles. The topological polar surface area (TPSA) is 29.5 Å². The first-order chi connectivity index (χ1) is 4.93. The van der Waals surface area contributed by atoms with Crippen LogP contribution in [0.4, 0.5) is 0 Å². The third-order valence-electron chi connectivity index (χ3n) is 1.39. The molecule has 1 heterocycles. The van der Waals surface area contributed by atoms with Gasteiger partial charge in [-0.1, -0.05) is 34.8 Å². The van der Waals surface area contributed by atoms with E-state index < -0.39 is 10.0 Å². The van der Waals surface area contributed by atoms with E-state index >= 15 is 0 Å². The first-order valence-electron chi connectivity index (χ1n) is 2.87. The Hall–Kier alpha value is 0.300. The van der Waals surface area contributed by atoms with E-state index in [4.69, 9.17) is 39.5 Å². The van der Waals surface area contributed by atoms with Gasteiger partial charge in [-0.15, -0.1) is 0 Å². The lowest BCUT2D eigenvalue weighted by molar-refractivity contribution is -0.126. The van der Waals surface area contributed by atoms with Gasteiger partial charge in [0.15, 0.2) is 6.23 Å². The highest BCUT2D eigenvalue weighted by Gasteiger charge is 2.43. The first-order valence-corrected chi connectivity index (χ1v) is 4.00. The fourth-order valence-corrected chi connectivity index (χ4v) is 1.44. The van der Waals surface area contributed by atoms with Gasteiger partial charge in [0, 0.05) is 7.05 Å². The van der Waals surface area contributed by atoms with E-state index in [0.717, 1.165) is 0 Å². The lowest BCUT2D eigenvalue weighted by atomic mass is 10.5. The molecule has 64 valence electrons. The van der Waals surface area contributed by atoms with Crippen LogP contribution in [-0.2, 0) is 9.53 Å². The number of likely N-dealkylation sites (N-methyl/N-ethyl adjacent to an activating group) is 1. The summed E-state index contributed by atoms with van der Waals surface area (Å²) in [6.07, 6.45) is -0.764. The number of amides is 1. The van der Waals surface area contributed by atoms with Crippen LogP contribution in [0.25, 0.3) is 0 Å². The number of nitrogens with zero attached hydrogens (tertiary/aromatic N) is 1. The molecule has 1 aliphatic rings. The second-order valence-corrected chi connectivity index (χ2v) is 4.58. The van der Waals surface area contributed by atoms with Crippen LogP contribution in [0.1, 0.15) is 0 Å². The molecule has 1 amide bonds. The maximum absolute atomic E-state index is 10.9. The second-order valence-electron chi connectivity index (χ2n) is 2.21. The number of alkyl halides is 3. The SMILES string of the molecule is CN1C(=O)CO[C@H]1C(Cl)(Cl)Cl. The minimum absolute atomic E-state index is 0.0188. The van der Waals surface area contributed by atoms with Crippen molar-refractivity contribution >= 4 is 40.7 Å². The molecule has 3 nitrogen and oxygen atoms in total. The van der Waals surface area contributed by atoms with Gasteiger partial charge in [-0.3, -0.25) is 4.79 Å². The normalized spacial score (nSPS) is 26.4. The number of carbonyl (C=O) groups excluding carboxylic acids is 1. The lowest BCUT2D eigenvalue weighted by Crippen LogP contribution is -2.39. The smallest absolute Gasteiger partial charge is 0.250 e. The van der Waals surface area contributed by atoms with Crippen LogP contribution in [0.2, 0.25) is 0 Å². The summed E-state index contributed by atoms with van der Waals surface area (Å²) in [5.74, 6) is -0.179. The molecule has 0 bridgehead atoms. The van der Waals surface area contributed by atoms with Gasteiger partial charge in [0.1, 0.15) is 6.61 Å². The van der Waals surface area contributed by atoms with Crippen molar-refractivity contribution in [2.45, 2.75) is 10.0 Å². The largest absolute Gasteiger partial charge is 0.344 e. The Kier molecular flexibility index (Phi) is 2.54. The standard InChI is InChI=1S/C5H6Cl3NO2/c1-9-3(10)2-11-4(9)5(6,7)8/h4H,2H2,1H3/t4-/m0/s1. The van der Waals surface area contributed by atoms with Crippen molar-refractivity contribution in [3.63, 3.8) is 0 Å². The molecule has 1 fully saturated rings. The zero-order chi connectivity index (χ0) is 8.65. The predicted octanol–water partition coefficient (Wildman–Crippen LogP) is 1.17. The van der Waals surface area contributed by atoms with E-state index in [2.05, 4.69) is 0 Å². The van der Waals surface area contributed by atoms with Gasteiger partial charge in [-0.05, 0) is 0 Å². The molecule has 6 heteroatoms. The van der Waals surface area contributed by atoms with Crippen LogP contribution >= 0.6 is 34.8 Å². The number of rotatable bonds is 0. The highest BCUT2D eigenvalue weighted by atomic mass is 35.6. The Balaban J connectivity index is 2.70. The van der Waals surface area contributed by atoms with E-state index in [1.54, 1.807) is 0 Å². The highest BCUT2D eigenvalue weighted by Crippen LogP contribution is 2.35. The van der Waals surface area contributed by atoms with Crippen molar-refractivity contribution in [1.82, 2.24) is 4.90 Å².